The third-order valence-corrected chi connectivity index (χ3v) is 30.8. The molecule has 12 heteroatoms. The molecule has 1 saturated heterocycles. The summed E-state index contributed by atoms with van der Waals surface area (Å²) in [5.41, 5.74) is 0.720. The summed E-state index contributed by atoms with van der Waals surface area (Å²) >= 11 is 0. The quantitative estimate of drug-likeness (QED) is 0.0713. The van der Waals surface area contributed by atoms with Crippen LogP contribution in [-0.4, -0.2) is 87.1 Å². The Morgan fingerprint density at radius 2 is 0.479 bits per heavy atom. The summed E-state index contributed by atoms with van der Waals surface area (Å²) in [5.74, 6) is 1.86. The van der Waals surface area contributed by atoms with Crippen LogP contribution in [0.15, 0.2) is 0 Å². The van der Waals surface area contributed by atoms with Crippen molar-refractivity contribution in [2.24, 2.45) is 23.7 Å². The minimum atomic E-state index is -3.00. The lowest BCUT2D eigenvalue weighted by Crippen LogP contribution is -2.73. The fourth-order valence-electron chi connectivity index (χ4n) is 5.89. The fourth-order valence-corrected chi connectivity index (χ4v) is 32.3. The monoisotopic (exact) mass is 752 g/mol. The first-order chi connectivity index (χ1) is 22.3. The van der Waals surface area contributed by atoms with Gasteiger partial charge in [0.15, 0.2) is 0 Å². The second-order valence-corrected chi connectivity index (χ2v) is 33.5. The van der Waals surface area contributed by atoms with Crippen molar-refractivity contribution in [3.05, 3.63) is 0 Å². The second-order valence-electron chi connectivity index (χ2n) is 17.1. The summed E-state index contributed by atoms with van der Waals surface area (Å²) in [6.07, 6.45) is 0. The lowest BCUT2D eigenvalue weighted by atomic mass is 10.2. The Morgan fingerprint density at radius 3 is 0.604 bits per heavy atom. The molecule has 1 fully saturated rings. The molecule has 0 atom stereocenters. The van der Waals surface area contributed by atoms with Crippen molar-refractivity contribution in [1.29, 1.82) is 0 Å². The van der Waals surface area contributed by atoms with Crippen LogP contribution in [0.5, 0.6) is 0 Å². The van der Waals surface area contributed by atoms with Gasteiger partial charge in [0.2, 0.25) is 0 Å². The molecule has 0 unspecified atom stereocenters. The fraction of sp³-hybridized carbons (Fsp3) is 1.00. The van der Waals surface area contributed by atoms with Crippen LogP contribution in [0.25, 0.3) is 0 Å². The van der Waals surface area contributed by atoms with Gasteiger partial charge in [0.1, 0.15) is 0 Å². The maximum absolute atomic E-state index is 7.88. The molecule has 8 nitrogen and oxygen atoms in total. The minimum Gasteiger partial charge on any atom is -0.415 e. The smallest absolute Gasteiger partial charge is 0.325 e. The van der Waals surface area contributed by atoms with Gasteiger partial charge in [-0.25, -0.2) is 0 Å². The van der Waals surface area contributed by atoms with Crippen LogP contribution in [0.2, 0.25) is 46.3 Å². The summed E-state index contributed by atoms with van der Waals surface area (Å²) in [5, 5.41) is 0. The molecule has 1 aliphatic rings. The van der Waals surface area contributed by atoms with Crippen LogP contribution in [0, 0.1) is 23.7 Å². The third kappa shape index (κ3) is 14.9. The Balaban J connectivity index is 3.93. The first kappa shape index (κ1) is 46.6. The van der Waals surface area contributed by atoms with Crippen LogP contribution in [0.4, 0.5) is 0 Å². The van der Waals surface area contributed by atoms with E-state index in [9.17, 15) is 0 Å². The molecule has 0 aromatic heterocycles. The molecule has 0 amide bonds. The van der Waals surface area contributed by atoms with E-state index in [1.54, 1.807) is 0 Å². The van der Waals surface area contributed by atoms with Gasteiger partial charge >= 0.3 is 34.2 Å². The molecule has 0 N–H and O–H groups in total. The van der Waals surface area contributed by atoms with Gasteiger partial charge in [-0.1, -0.05) is 111 Å². The predicted molar refractivity (Wildman–Crippen MR) is 210 cm³/mol. The second kappa shape index (κ2) is 21.9. The maximum Gasteiger partial charge on any atom is 0.325 e. The zero-order valence-electron chi connectivity index (χ0n) is 34.4. The highest BCUT2D eigenvalue weighted by atomic mass is 28.5. The van der Waals surface area contributed by atoms with Crippen molar-refractivity contribution in [2.75, 3.05) is 52.9 Å². The number of hydrogen-bond donors (Lipinski definition) is 0. The first-order valence-electron chi connectivity index (χ1n) is 19.4. The zero-order valence-corrected chi connectivity index (χ0v) is 38.4. The van der Waals surface area contributed by atoms with Crippen molar-refractivity contribution in [2.45, 2.75) is 157 Å². The molecule has 0 aliphatic carbocycles. The van der Waals surface area contributed by atoms with Crippen LogP contribution in [0.1, 0.15) is 111 Å². The molecule has 1 rings (SSSR count). The molecule has 0 aromatic carbocycles. The SMILES string of the molecule is CC(C)COCC[Si]1(C(C)C)O[Si](CCOCC(C)C)(C(C)C)O[Si](CCOCC(C)C)(C(C)C)O[Si](CCOCC(C)C)(C(C)C)O1. The van der Waals surface area contributed by atoms with Gasteiger partial charge < -0.3 is 35.4 Å². The summed E-state index contributed by atoms with van der Waals surface area (Å²) in [6, 6.07) is 3.00. The van der Waals surface area contributed by atoms with Crippen molar-refractivity contribution < 1.29 is 35.4 Å². The van der Waals surface area contributed by atoms with Crippen molar-refractivity contribution in [3.8, 4) is 0 Å². The van der Waals surface area contributed by atoms with Gasteiger partial charge in [-0.3, -0.25) is 0 Å². The molecule has 0 aromatic rings. The van der Waals surface area contributed by atoms with E-state index in [4.69, 9.17) is 35.4 Å². The normalized spacial score (nSPS) is 27.5. The Morgan fingerprint density at radius 1 is 0.312 bits per heavy atom. The summed E-state index contributed by atoms with van der Waals surface area (Å²) in [6.45, 7) is 41.2. The summed E-state index contributed by atoms with van der Waals surface area (Å²) in [7, 11) is -12.0. The van der Waals surface area contributed by atoms with Gasteiger partial charge in [0, 0.05) is 77.0 Å². The molecule has 0 radical (unpaired) electrons. The van der Waals surface area contributed by atoms with E-state index < -0.39 is 34.2 Å². The van der Waals surface area contributed by atoms with Gasteiger partial charge in [-0.05, 0) is 45.8 Å². The summed E-state index contributed by atoms with van der Waals surface area (Å²) in [4.78, 5) is 0. The zero-order chi connectivity index (χ0) is 36.8. The average molecular weight is 753 g/mol. The Kier molecular flexibility index (Phi) is 21.3. The largest absolute Gasteiger partial charge is 0.415 e. The van der Waals surface area contributed by atoms with Crippen molar-refractivity contribution in [3.63, 3.8) is 0 Å². The van der Waals surface area contributed by atoms with E-state index in [1.165, 1.54) is 0 Å². The molecule has 288 valence electrons. The Bertz CT molecular complexity index is 710. The van der Waals surface area contributed by atoms with Crippen LogP contribution < -0.4 is 0 Å². The molecular formula is C36H80O8Si4. The van der Waals surface area contributed by atoms with E-state index in [0.29, 0.717) is 50.1 Å². The predicted octanol–water partition coefficient (Wildman–Crippen LogP) is 10.2. The van der Waals surface area contributed by atoms with Gasteiger partial charge in [-0.2, -0.15) is 0 Å². The van der Waals surface area contributed by atoms with Crippen LogP contribution >= 0.6 is 0 Å². The molecule has 48 heavy (non-hydrogen) atoms. The summed E-state index contributed by atoms with van der Waals surface area (Å²) < 4.78 is 56.7. The number of hydrogen-bond acceptors (Lipinski definition) is 8. The van der Waals surface area contributed by atoms with Crippen LogP contribution in [0.3, 0.4) is 0 Å². The third-order valence-electron chi connectivity index (χ3n) is 9.08. The van der Waals surface area contributed by atoms with Gasteiger partial charge in [0.05, 0.1) is 0 Å². The van der Waals surface area contributed by atoms with Crippen molar-refractivity contribution >= 4 is 34.2 Å². The van der Waals surface area contributed by atoms with Gasteiger partial charge in [-0.15, -0.1) is 0 Å². The lowest BCUT2D eigenvalue weighted by molar-refractivity contribution is 0.0971. The van der Waals surface area contributed by atoms with Crippen LogP contribution in [-0.2, 0) is 35.4 Å². The standard InChI is InChI=1S/C36H80O8Si4/c1-29(2)25-37-17-21-45(33(9)10)41-46(34(11)12,22-18-38-26-30(3)4)43-48(36(15)16,24-20-40-28-32(7)8)44-47(42-45,35(13)14)23-19-39-27-31(5)6/h29-36H,17-28H2,1-16H3. The van der Waals surface area contributed by atoms with E-state index in [-0.39, 0.29) is 22.2 Å². The van der Waals surface area contributed by atoms with Gasteiger partial charge in [0.25, 0.3) is 0 Å². The van der Waals surface area contributed by atoms with E-state index >= 15 is 0 Å². The topological polar surface area (TPSA) is 73.8 Å². The first-order valence-corrected chi connectivity index (χ1v) is 27.8. The average Bonchev–Trinajstić information content (AvgIpc) is 2.95. The number of ether oxygens (including phenoxy) is 4. The van der Waals surface area contributed by atoms with E-state index in [0.717, 1.165) is 50.6 Å². The lowest BCUT2D eigenvalue weighted by Gasteiger charge is -2.57. The molecule has 0 spiro atoms. The van der Waals surface area contributed by atoms with Crippen molar-refractivity contribution in [1.82, 2.24) is 0 Å². The molecule has 1 heterocycles. The number of rotatable bonds is 24. The highest BCUT2D eigenvalue weighted by molar-refractivity contribution is 6.96. The Labute approximate surface area is 302 Å². The maximum atomic E-state index is 7.88. The Hall–Kier alpha value is 0.548. The molecule has 0 saturated carbocycles. The minimum absolute atomic E-state index is 0.180. The molecule has 1 aliphatic heterocycles. The molecule has 0 bridgehead atoms. The highest BCUT2D eigenvalue weighted by Gasteiger charge is 2.65. The van der Waals surface area contributed by atoms with E-state index in [2.05, 4.69) is 111 Å². The van der Waals surface area contributed by atoms with E-state index in [1.807, 2.05) is 0 Å². The molecular weight excluding hydrogens is 673 g/mol. The highest BCUT2D eigenvalue weighted by Crippen LogP contribution is 2.49.